The largest absolute Gasteiger partial charge is 0.488 e. The molecule has 0 fully saturated rings. The Kier molecular flexibility index (Phi) is 3.86. The predicted octanol–water partition coefficient (Wildman–Crippen LogP) is 4.68. The molecule has 2 aromatic carbocycles. The molecule has 0 aliphatic heterocycles. The summed E-state index contributed by atoms with van der Waals surface area (Å²) < 4.78 is 6.47. The summed E-state index contributed by atoms with van der Waals surface area (Å²) in [6, 6.07) is 15.6. The van der Waals surface area contributed by atoms with E-state index < -0.39 is 0 Å². The van der Waals surface area contributed by atoms with Gasteiger partial charge in [-0.25, -0.2) is 0 Å². The van der Waals surface area contributed by atoms with Crippen LogP contribution >= 0.6 is 27.5 Å². The Labute approximate surface area is 108 Å². The second-order valence-corrected chi connectivity index (χ2v) is 4.53. The molecule has 0 amide bonds. The van der Waals surface area contributed by atoms with Crippen molar-refractivity contribution < 1.29 is 4.74 Å². The average Bonchev–Trinajstić information content (AvgIpc) is 2.32. The average molecular weight is 298 g/mol. The van der Waals surface area contributed by atoms with Crippen LogP contribution in [-0.2, 0) is 6.61 Å². The molecule has 0 N–H and O–H groups in total. The molecule has 1 nitrogen and oxygen atoms in total. The Morgan fingerprint density at radius 3 is 2.50 bits per heavy atom. The zero-order chi connectivity index (χ0) is 11.4. The summed E-state index contributed by atoms with van der Waals surface area (Å²) in [7, 11) is 0. The molecule has 0 spiro atoms. The summed E-state index contributed by atoms with van der Waals surface area (Å²) in [5, 5.41) is 0.658. The normalized spacial score (nSPS) is 10.1. The fraction of sp³-hybridized carbons (Fsp3) is 0.0769. The fourth-order valence-corrected chi connectivity index (χ4v) is 1.88. The minimum atomic E-state index is 0.541. The van der Waals surface area contributed by atoms with Crippen molar-refractivity contribution in [3.63, 3.8) is 0 Å². The molecule has 0 atom stereocenters. The van der Waals surface area contributed by atoms with Gasteiger partial charge in [-0.1, -0.05) is 48.0 Å². The van der Waals surface area contributed by atoms with Crippen LogP contribution in [0.2, 0.25) is 5.02 Å². The number of benzene rings is 2. The minimum absolute atomic E-state index is 0.541. The monoisotopic (exact) mass is 296 g/mol. The number of ether oxygens (including phenoxy) is 1. The van der Waals surface area contributed by atoms with Crippen LogP contribution < -0.4 is 4.74 Å². The first kappa shape index (κ1) is 11.5. The zero-order valence-corrected chi connectivity index (χ0v) is 10.8. The molecule has 0 unspecified atom stereocenters. The van der Waals surface area contributed by atoms with E-state index in [-0.39, 0.29) is 0 Å². The van der Waals surface area contributed by atoms with Gasteiger partial charge in [-0.15, -0.1) is 0 Å². The maximum atomic E-state index is 5.97. The van der Waals surface area contributed by atoms with Gasteiger partial charge in [0, 0.05) is 0 Å². The van der Waals surface area contributed by atoms with Crippen LogP contribution in [0.3, 0.4) is 0 Å². The highest BCUT2D eigenvalue weighted by Gasteiger charge is 2.04. The molecular weight excluding hydrogens is 287 g/mol. The van der Waals surface area contributed by atoms with E-state index >= 15 is 0 Å². The Balaban J connectivity index is 2.08. The molecule has 0 saturated heterocycles. The highest BCUT2D eigenvalue weighted by atomic mass is 79.9. The second kappa shape index (κ2) is 5.37. The smallest absolute Gasteiger partial charge is 0.135 e. The van der Waals surface area contributed by atoms with Crippen molar-refractivity contribution in [1.82, 2.24) is 0 Å². The van der Waals surface area contributed by atoms with E-state index in [9.17, 15) is 0 Å². The predicted molar refractivity (Wildman–Crippen MR) is 69.9 cm³/mol. The van der Waals surface area contributed by atoms with Crippen LogP contribution in [0, 0.1) is 0 Å². The van der Waals surface area contributed by atoms with Crippen molar-refractivity contribution in [2.45, 2.75) is 6.61 Å². The summed E-state index contributed by atoms with van der Waals surface area (Å²) in [5.41, 5.74) is 1.13. The van der Waals surface area contributed by atoms with E-state index in [1.165, 1.54) is 0 Å². The third-order valence-corrected chi connectivity index (χ3v) is 3.51. The highest BCUT2D eigenvalue weighted by Crippen LogP contribution is 2.32. The Morgan fingerprint density at radius 2 is 1.75 bits per heavy atom. The standard InChI is InChI=1S/C13H10BrClO/c14-13-11(15)7-4-8-12(13)16-9-10-5-2-1-3-6-10/h1-8H,9H2. The highest BCUT2D eigenvalue weighted by molar-refractivity contribution is 9.10. The number of rotatable bonds is 3. The van der Waals surface area contributed by atoms with Gasteiger partial charge in [-0.05, 0) is 33.6 Å². The number of hydrogen-bond donors (Lipinski definition) is 0. The van der Waals surface area contributed by atoms with E-state index in [1.54, 1.807) is 0 Å². The fourth-order valence-electron chi connectivity index (χ4n) is 1.33. The van der Waals surface area contributed by atoms with Gasteiger partial charge in [-0.3, -0.25) is 0 Å². The summed E-state index contributed by atoms with van der Waals surface area (Å²) in [6.07, 6.45) is 0. The topological polar surface area (TPSA) is 9.23 Å². The lowest BCUT2D eigenvalue weighted by Crippen LogP contribution is -1.95. The molecule has 82 valence electrons. The van der Waals surface area contributed by atoms with Gasteiger partial charge in [0.2, 0.25) is 0 Å². The molecule has 2 rings (SSSR count). The van der Waals surface area contributed by atoms with E-state index in [4.69, 9.17) is 16.3 Å². The minimum Gasteiger partial charge on any atom is -0.488 e. The molecule has 3 heteroatoms. The van der Waals surface area contributed by atoms with E-state index in [0.29, 0.717) is 11.6 Å². The van der Waals surface area contributed by atoms with E-state index in [2.05, 4.69) is 15.9 Å². The molecule has 0 saturated carbocycles. The maximum absolute atomic E-state index is 5.97. The Hall–Kier alpha value is -0.990. The molecular formula is C13H10BrClO. The molecule has 16 heavy (non-hydrogen) atoms. The lowest BCUT2D eigenvalue weighted by molar-refractivity contribution is 0.304. The van der Waals surface area contributed by atoms with Crippen LogP contribution in [0.25, 0.3) is 0 Å². The summed E-state index contributed by atoms with van der Waals surface area (Å²) >= 11 is 9.37. The maximum Gasteiger partial charge on any atom is 0.135 e. The second-order valence-electron chi connectivity index (χ2n) is 3.33. The SMILES string of the molecule is Clc1cccc(OCc2ccccc2)c1Br. The van der Waals surface area contributed by atoms with Gasteiger partial charge in [0.25, 0.3) is 0 Å². The zero-order valence-electron chi connectivity index (χ0n) is 8.49. The molecule has 0 bridgehead atoms. The third-order valence-electron chi connectivity index (χ3n) is 2.15. The van der Waals surface area contributed by atoms with Crippen LogP contribution in [0.4, 0.5) is 0 Å². The summed E-state index contributed by atoms with van der Waals surface area (Å²) in [5.74, 6) is 0.761. The van der Waals surface area contributed by atoms with Crippen LogP contribution in [-0.4, -0.2) is 0 Å². The molecule has 0 aliphatic carbocycles. The Bertz CT molecular complexity index is 471. The van der Waals surface area contributed by atoms with E-state index in [0.717, 1.165) is 15.8 Å². The van der Waals surface area contributed by atoms with Gasteiger partial charge in [0.05, 0.1) is 9.50 Å². The summed E-state index contributed by atoms with van der Waals surface area (Å²) in [6.45, 7) is 0.541. The van der Waals surface area contributed by atoms with Crippen LogP contribution in [0.15, 0.2) is 53.0 Å². The van der Waals surface area contributed by atoms with Crippen molar-refractivity contribution >= 4 is 27.5 Å². The molecule has 0 aromatic heterocycles. The molecule has 2 aromatic rings. The van der Waals surface area contributed by atoms with Gasteiger partial charge < -0.3 is 4.74 Å². The van der Waals surface area contributed by atoms with Crippen molar-refractivity contribution in [3.05, 3.63) is 63.6 Å². The Morgan fingerprint density at radius 1 is 1.00 bits per heavy atom. The molecule has 0 aliphatic rings. The first-order chi connectivity index (χ1) is 7.77. The first-order valence-corrected chi connectivity index (χ1v) is 6.05. The van der Waals surface area contributed by atoms with Gasteiger partial charge in [0.15, 0.2) is 0 Å². The van der Waals surface area contributed by atoms with Crippen LogP contribution in [0.5, 0.6) is 5.75 Å². The van der Waals surface area contributed by atoms with Gasteiger partial charge >= 0.3 is 0 Å². The lowest BCUT2D eigenvalue weighted by Gasteiger charge is -2.08. The third kappa shape index (κ3) is 2.77. The van der Waals surface area contributed by atoms with Gasteiger partial charge in [0.1, 0.15) is 12.4 Å². The van der Waals surface area contributed by atoms with E-state index in [1.807, 2.05) is 48.5 Å². The molecule has 0 radical (unpaired) electrons. The quantitative estimate of drug-likeness (QED) is 0.799. The lowest BCUT2D eigenvalue weighted by atomic mass is 10.2. The summed E-state index contributed by atoms with van der Waals surface area (Å²) in [4.78, 5) is 0. The van der Waals surface area contributed by atoms with Crippen LogP contribution in [0.1, 0.15) is 5.56 Å². The molecule has 0 heterocycles. The van der Waals surface area contributed by atoms with Crippen molar-refractivity contribution in [2.24, 2.45) is 0 Å². The van der Waals surface area contributed by atoms with Crippen molar-refractivity contribution in [1.29, 1.82) is 0 Å². The number of halogens is 2. The first-order valence-electron chi connectivity index (χ1n) is 4.88. The van der Waals surface area contributed by atoms with Crippen molar-refractivity contribution in [3.8, 4) is 5.75 Å². The van der Waals surface area contributed by atoms with Gasteiger partial charge in [-0.2, -0.15) is 0 Å². The van der Waals surface area contributed by atoms with Crippen molar-refractivity contribution in [2.75, 3.05) is 0 Å². The number of hydrogen-bond acceptors (Lipinski definition) is 1.